The summed E-state index contributed by atoms with van der Waals surface area (Å²) in [6.07, 6.45) is 7.22. The Balaban J connectivity index is 1.25. The van der Waals surface area contributed by atoms with E-state index in [9.17, 15) is 9.18 Å². The Kier molecular flexibility index (Phi) is 5.37. The van der Waals surface area contributed by atoms with Crippen LogP contribution < -0.4 is 10.1 Å². The predicted molar refractivity (Wildman–Crippen MR) is 118 cm³/mol. The van der Waals surface area contributed by atoms with Gasteiger partial charge in [-0.05, 0) is 42.0 Å². The summed E-state index contributed by atoms with van der Waals surface area (Å²) in [5, 5.41) is 7.14. The molecule has 0 saturated carbocycles. The zero-order valence-corrected chi connectivity index (χ0v) is 17.2. The van der Waals surface area contributed by atoms with Crippen LogP contribution >= 0.6 is 0 Å². The van der Waals surface area contributed by atoms with E-state index in [0.29, 0.717) is 36.4 Å². The molecule has 32 heavy (non-hydrogen) atoms. The number of rotatable bonds is 6. The van der Waals surface area contributed by atoms with Crippen molar-refractivity contribution in [3.05, 3.63) is 102 Å². The van der Waals surface area contributed by atoms with Gasteiger partial charge in [0.15, 0.2) is 0 Å². The lowest BCUT2D eigenvalue weighted by molar-refractivity contribution is 0.0933. The van der Waals surface area contributed by atoms with Crippen molar-refractivity contribution < 1.29 is 13.9 Å². The Bertz CT molecular complexity index is 1240. The first kappa shape index (κ1) is 19.9. The highest BCUT2D eigenvalue weighted by Crippen LogP contribution is 2.39. The second-order valence-electron chi connectivity index (χ2n) is 7.74. The summed E-state index contributed by atoms with van der Waals surface area (Å²) < 4.78 is 22.1. The number of hydrogen-bond acceptors (Lipinski definition) is 4. The molecule has 0 aliphatic carbocycles. The third kappa shape index (κ3) is 4.23. The molecule has 0 radical (unpaired) electrons. The fourth-order valence-electron chi connectivity index (χ4n) is 3.95. The Morgan fingerprint density at radius 1 is 1.16 bits per heavy atom. The molecule has 2 aromatic heterocycles. The standard InChI is InChI=1S/C25H21FN4O2/c26-21-11-20-12-22(32-24(20)23(13-21)19-6-2-7-27-14-19)15-28-25(31)18-5-1-4-17(10-18)16-30-9-3-8-29-30/h1-11,13-14,22H,12,15-16H2,(H,28,31). The maximum atomic E-state index is 14.2. The Hall–Kier alpha value is -4.00. The molecule has 0 saturated heterocycles. The second kappa shape index (κ2) is 8.63. The minimum absolute atomic E-state index is 0.175. The van der Waals surface area contributed by atoms with Crippen LogP contribution in [0.15, 0.2) is 79.4 Å². The van der Waals surface area contributed by atoms with Gasteiger partial charge < -0.3 is 10.1 Å². The number of fused-ring (bicyclic) bond motifs is 1. The van der Waals surface area contributed by atoms with Gasteiger partial charge in [0.2, 0.25) is 0 Å². The summed E-state index contributed by atoms with van der Waals surface area (Å²) in [6.45, 7) is 0.919. The van der Waals surface area contributed by atoms with Crippen molar-refractivity contribution in [2.75, 3.05) is 6.54 Å². The molecule has 7 heteroatoms. The van der Waals surface area contributed by atoms with Crippen LogP contribution in [0.3, 0.4) is 0 Å². The van der Waals surface area contributed by atoms with Crippen LogP contribution in [-0.4, -0.2) is 33.3 Å². The van der Waals surface area contributed by atoms with E-state index in [-0.39, 0.29) is 17.8 Å². The first-order valence-corrected chi connectivity index (χ1v) is 10.4. The minimum atomic E-state index is -0.315. The van der Waals surface area contributed by atoms with Gasteiger partial charge in [-0.1, -0.05) is 18.2 Å². The van der Waals surface area contributed by atoms with Crippen molar-refractivity contribution in [2.24, 2.45) is 0 Å². The second-order valence-corrected chi connectivity index (χ2v) is 7.74. The van der Waals surface area contributed by atoms with E-state index < -0.39 is 0 Å². The van der Waals surface area contributed by atoms with Crippen molar-refractivity contribution in [3.63, 3.8) is 0 Å². The largest absolute Gasteiger partial charge is 0.487 e. The number of aromatic nitrogens is 3. The quantitative estimate of drug-likeness (QED) is 0.506. The monoisotopic (exact) mass is 428 g/mol. The molecule has 1 aliphatic heterocycles. The molecule has 6 nitrogen and oxygen atoms in total. The van der Waals surface area contributed by atoms with Gasteiger partial charge in [-0.15, -0.1) is 0 Å². The predicted octanol–water partition coefficient (Wildman–Crippen LogP) is 3.87. The molecular formula is C25H21FN4O2. The number of nitrogens with zero attached hydrogens (tertiary/aromatic N) is 3. The van der Waals surface area contributed by atoms with Crippen LogP contribution in [0.5, 0.6) is 5.75 Å². The molecule has 5 rings (SSSR count). The summed E-state index contributed by atoms with van der Waals surface area (Å²) in [6, 6.07) is 16.0. The van der Waals surface area contributed by atoms with E-state index in [1.165, 1.54) is 12.1 Å². The molecule has 1 N–H and O–H groups in total. The minimum Gasteiger partial charge on any atom is -0.487 e. The van der Waals surface area contributed by atoms with Crippen molar-refractivity contribution in [3.8, 4) is 16.9 Å². The molecule has 3 heterocycles. The van der Waals surface area contributed by atoms with Crippen molar-refractivity contribution in [1.82, 2.24) is 20.1 Å². The summed E-state index contributed by atoms with van der Waals surface area (Å²) in [5.41, 5.74) is 3.83. The van der Waals surface area contributed by atoms with Gasteiger partial charge in [-0.25, -0.2) is 4.39 Å². The van der Waals surface area contributed by atoms with Crippen LogP contribution in [0.4, 0.5) is 4.39 Å². The van der Waals surface area contributed by atoms with Crippen LogP contribution in [0.1, 0.15) is 21.5 Å². The maximum Gasteiger partial charge on any atom is 0.251 e. The fraction of sp³-hybridized carbons (Fsp3) is 0.160. The first-order chi connectivity index (χ1) is 15.7. The van der Waals surface area contributed by atoms with E-state index >= 15 is 0 Å². The van der Waals surface area contributed by atoms with Gasteiger partial charge in [0, 0.05) is 53.5 Å². The van der Waals surface area contributed by atoms with Gasteiger partial charge in [-0.2, -0.15) is 5.10 Å². The van der Waals surface area contributed by atoms with Gasteiger partial charge in [-0.3, -0.25) is 14.5 Å². The van der Waals surface area contributed by atoms with Crippen LogP contribution in [0.2, 0.25) is 0 Å². The molecule has 1 atom stereocenters. The van der Waals surface area contributed by atoms with Crippen LogP contribution in [-0.2, 0) is 13.0 Å². The van der Waals surface area contributed by atoms with Crippen molar-refractivity contribution in [1.29, 1.82) is 0 Å². The average Bonchev–Trinajstić information content (AvgIpc) is 3.47. The lowest BCUT2D eigenvalue weighted by Crippen LogP contribution is -2.34. The molecule has 1 unspecified atom stereocenters. The van der Waals surface area contributed by atoms with Crippen LogP contribution in [0, 0.1) is 5.82 Å². The molecule has 0 bridgehead atoms. The first-order valence-electron chi connectivity index (χ1n) is 10.4. The normalized spacial score (nSPS) is 14.6. The zero-order valence-electron chi connectivity index (χ0n) is 17.2. The molecule has 160 valence electrons. The van der Waals surface area contributed by atoms with E-state index in [1.54, 1.807) is 35.4 Å². The third-order valence-corrected chi connectivity index (χ3v) is 5.42. The molecule has 1 aliphatic rings. The number of pyridine rings is 1. The highest BCUT2D eigenvalue weighted by atomic mass is 19.1. The SMILES string of the molecule is O=C(NCC1Cc2cc(F)cc(-c3cccnc3)c2O1)c1cccc(Cn2cccn2)c1. The van der Waals surface area contributed by atoms with Gasteiger partial charge in [0.25, 0.3) is 5.91 Å². The van der Waals surface area contributed by atoms with Gasteiger partial charge in [0.1, 0.15) is 17.7 Å². The fourth-order valence-corrected chi connectivity index (χ4v) is 3.95. The number of amides is 1. The maximum absolute atomic E-state index is 14.2. The molecular weight excluding hydrogens is 407 g/mol. The summed E-state index contributed by atoms with van der Waals surface area (Å²) in [5.74, 6) is 0.162. The number of ether oxygens (including phenoxy) is 1. The lowest BCUT2D eigenvalue weighted by Gasteiger charge is -2.14. The highest BCUT2D eigenvalue weighted by molar-refractivity contribution is 5.94. The zero-order chi connectivity index (χ0) is 21.9. The third-order valence-electron chi connectivity index (χ3n) is 5.42. The van der Waals surface area contributed by atoms with Gasteiger partial charge >= 0.3 is 0 Å². The number of hydrogen-bond donors (Lipinski definition) is 1. The number of carbonyl (C=O) groups excluding carboxylic acids is 1. The summed E-state index contributed by atoms with van der Waals surface area (Å²) in [7, 11) is 0. The Morgan fingerprint density at radius 3 is 2.91 bits per heavy atom. The highest BCUT2D eigenvalue weighted by Gasteiger charge is 2.27. The Labute approximate surface area is 184 Å². The lowest BCUT2D eigenvalue weighted by atomic mass is 10.0. The molecule has 1 amide bonds. The molecule has 0 spiro atoms. The number of nitrogens with one attached hydrogen (secondary N) is 1. The molecule has 0 fully saturated rings. The Morgan fingerprint density at radius 2 is 2.09 bits per heavy atom. The van der Waals surface area contributed by atoms with Gasteiger partial charge in [0.05, 0.1) is 13.1 Å². The topological polar surface area (TPSA) is 69.0 Å². The number of benzene rings is 2. The van der Waals surface area contributed by atoms with Crippen molar-refractivity contribution in [2.45, 2.75) is 19.1 Å². The van der Waals surface area contributed by atoms with E-state index in [0.717, 1.165) is 16.7 Å². The molecule has 2 aromatic carbocycles. The van der Waals surface area contributed by atoms with E-state index in [1.807, 2.05) is 36.5 Å². The number of carbonyl (C=O) groups is 1. The van der Waals surface area contributed by atoms with Crippen molar-refractivity contribution >= 4 is 5.91 Å². The van der Waals surface area contributed by atoms with E-state index in [2.05, 4.69) is 15.4 Å². The average molecular weight is 428 g/mol. The summed E-state index contributed by atoms with van der Waals surface area (Å²) >= 11 is 0. The smallest absolute Gasteiger partial charge is 0.251 e. The number of halogens is 1. The molecule has 4 aromatic rings. The van der Waals surface area contributed by atoms with Crippen LogP contribution in [0.25, 0.3) is 11.1 Å². The van der Waals surface area contributed by atoms with E-state index in [4.69, 9.17) is 4.74 Å². The summed E-state index contributed by atoms with van der Waals surface area (Å²) in [4.78, 5) is 16.8.